The highest BCUT2D eigenvalue weighted by Gasteiger charge is 2.43. The highest BCUT2D eigenvalue weighted by molar-refractivity contribution is 5.88. The van der Waals surface area contributed by atoms with Gasteiger partial charge in [0.15, 0.2) is 6.23 Å². The van der Waals surface area contributed by atoms with Crippen molar-refractivity contribution in [3.63, 3.8) is 0 Å². The van der Waals surface area contributed by atoms with Crippen LogP contribution in [-0.2, 0) is 4.74 Å². The summed E-state index contributed by atoms with van der Waals surface area (Å²) in [5.74, 6) is 0. The topological polar surface area (TPSA) is 114 Å². The summed E-state index contributed by atoms with van der Waals surface area (Å²) < 4.78 is 7.07. The van der Waals surface area contributed by atoms with Gasteiger partial charge in [0.1, 0.15) is 24.0 Å². The molecule has 1 saturated heterocycles. The molecule has 0 aliphatic carbocycles. The van der Waals surface area contributed by atoms with E-state index in [1.807, 2.05) is 0 Å². The van der Waals surface area contributed by atoms with Gasteiger partial charge in [0.25, 0.3) is 0 Å². The first kappa shape index (κ1) is 12.4. The van der Waals surface area contributed by atoms with Gasteiger partial charge in [-0.2, -0.15) is 0 Å². The Morgan fingerprint density at radius 1 is 1.32 bits per heavy atom. The number of hydrogen-bond donors (Lipinski definition) is 4. The van der Waals surface area contributed by atoms with Crippen LogP contribution in [-0.4, -0.2) is 49.8 Å². The molecule has 0 amide bonds. The predicted octanol–water partition coefficient (Wildman–Crippen LogP) is -0.770. The van der Waals surface area contributed by atoms with Crippen LogP contribution in [0.1, 0.15) is 6.23 Å². The van der Waals surface area contributed by atoms with Gasteiger partial charge in [-0.15, -0.1) is 0 Å². The van der Waals surface area contributed by atoms with E-state index in [4.69, 9.17) is 15.6 Å². The molecule has 2 aromatic heterocycles. The molecule has 7 nitrogen and oxygen atoms in total. The smallest absolute Gasteiger partial charge is 0.164 e. The summed E-state index contributed by atoms with van der Waals surface area (Å²) in [4.78, 5) is 4.20. The van der Waals surface area contributed by atoms with Crippen LogP contribution in [0.25, 0.3) is 11.0 Å². The summed E-state index contributed by atoms with van der Waals surface area (Å²) in [5.41, 5.74) is 6.98. The van der Waals surface area contributed by atoms with Gasteiger partial charge in [0.05, 0.1) is 6.61 Å². The Hall–Kier alpha value is -1.67. The SMILES string of the molecule is Nc1ccnc2c1ccn2[C@@H]1O[C@H](CO)[C@H](O)C1O. The molecule has 0 aromatic carbocycles. The first-order chi connectivity index (χ1) is 9.13. The largest absolute Gasteiger partial charge is 0.398 e. The lowest BCUT2D eigenvalue weighted by Crippen LogP contribution is -2.33. The highest BCUT2D eigenvalue weighted by Crippen LogP contribution is 2.32. The van der Waals surface area contributed by atoms with Gasteiger partial charge < -0.3 is 30.4 Å². The Balaban J connectivity index is 2.04. The summed E-state index contributed by atoms with van der Waals surface area (Å²) in [6.45, 7) is -0.358. The summed E-state index contributed by atoms with van der Waals surface area (Å²) in [6, 6.07) is 3.45. The number of pyridine rings is 1. The van der Waals surface area contributed by atoms with Crippen molar-refractivity contribution in [2.75, 3.05) is 12.3 Å². The van der Waals surface area contributed by atoms with Crippen LogP contribution in [0.15, 0.2) is 24.5 Å². The van der Waals surface area contributed by atoms with Crippen molar-refractivity contribution < 1.29 is 20.1 Å². The molecule has 0 radical (unpaired) electrons. The maximum absolute atomic E-state index is 9.99. The molecule has 0 spiro atoms. The van der Waals surface area contributed by atoms with E-state index >= 15 is 0 Å². The zero-order chi connectivity index (χ0) is 13.6. The zero-order valence-corrected chi connectivity index (χ0v) is 10.0. The minimum absolute atomic E-state index is 0.358. The van der Waals surface area contributed by atoms with Crippen LogP contribution < -0.4 is 5.73 Å². The van der Waals surface area contributed by atoms with Crippen LogP contribution in [0.2, 0.25) is 0 Å². The van der Waals surface area contributed by atoms with Crippen LogP contribution in [0, 0.1) is 0 Å². The lowest BCUT2D eigenvalue weighted by molar-refractivity contribution is -0.0508. The average Bonchev–Trinajstić information content (AvgIpc) is 2.94. The molecule has 0 saturated carbocycles. The molecule has 19 heavy (non-hydrogen) atoms. The molecule has 2 aromatic rings. The molecule has 3 rings (SSSR count). The molecule has 1 aliphatic rings. The van der Waals surface area contributed by atoms with Crippen LogP contribution in [0.4, 0.5) is 5.69 Å². The molecule has 102 valence electrons. The lowest BCUT2D eigenvalue weighted by atomic mass is 10.1. The normalized spacial score (nSPS) is 31.1. The number of ether oxygens (including phenoxy) is 1. The second-order valence-corrected chi connectivity index (χ2v) is 4.59. The zero-order valence-electron chi connectivity index (χ0n) is 10.0. The Bertz CT molecular complexity index is 600. The fraction of sp³-hybridized carbons (Fsp3) is 0.417. The molecule has 1 unspecified atom stereocenters. The van der Waals surface area contributed by atoms with Crippen molar-refractivity contribution in [2.45, 2.75) is 24.5 Å². The number of aliphatic hydroxyl groups excluding tert-OH is 3. The number of nitrogens with two attached hydrogens (primary N) is 1. The van der Waals surface area contributed by atoms with Crippen molar-refractivity contribution in [2.24, 2.45) is 0 Å². The van der Waals surface area contributed by atoms with Gasteiger partial charge in [0.2, 0.25) is 0 Å². The van der Waals surface area contributed by atoms with Crippen molar-refractivity contribution in [3.05, 3.63) is 24.5 Å². The summed E-state index contributed by atoms with van der Waals surface area (Å²) in [6.07, 6.45) is -0.605. The van der Waals surface area contributed by atoms with Gasteiger partial charge in [-0.05, 0) is 12.1 Å². The summed E-state index contributed by atoms with van der Waals surface area (Å²) >= 11 is 0. The third-order valence-corrected chi connectivity index (χ3v) is 3.44. The minimum atomic E-state index is -1.13. The third kappa shape index (κ3) is 1.79. The highest BCUT2D eigenvalue weighted by atomic mass is 16.6. The van der Waals surface area contributed by atoms with Crippen molar-refractivity contribution >= 4 is 16.7 Å². The van der Waals surface area contributed by atoms with E-state index in [0.29, 0.717) is 11.3 Å². The van der Waals surface area contributed by atoms with E-state index in [0.717, 1.165) is 5.39 Å². The van der Waals surface area contributed by atoms with E-state index < -0.39 is 24.5 Å². The molecular weight excluding hydrogens is 250 g/mol. The number of rotatable bonds is 2. The van der Waals surface area contributed by atoms with Gasteiger partial charge >= 0.3 is 0 Å². The Morgan fingerprint density at radius 2 is 2.11 bits per heavy atom. The van der Waals surface area contributed by atoms with E-state index in [-0.39, 0.29) is 6.61 Å². The summed E-state index contributed by atoms with van der Waals surface area (Å²) in [7, 11) is 0. The number of aliphatic hydroxyl groups is 3. The van der Waals surface area contributed by atoms with Crippen molar-refractivity contribution in [1.29, 1.82) is 0 Å². The molecule has 3 heterocycles. The van der Waals surface area contributed by atoms with Gasteiger partial charge in [-0.25, -0.2) is 4.98 Å². The molecule has 1 fully saturated rings. The van der Waals surface area contributed by atoms with Gasteiger partial charge in [0, 0.05) is 23.5 Å². The molecule has 0 bridgehead atoms. The number of aromatic nitrogens is 2. The first-order valence-electron chi connectivity index (χ1n) is 5.97. The molecule has 4 atom stereocenters. The molecule has 7 heteroatoms. The molecular formula is C12H15N3O4. The van der Waals surface area contributed by atoms with E-state index in [9.17, 15) is 10.2 Å². The number of anilines is 1. The van der Waals surface area contributed by atoms with E-state index in [1.54, 1.807) is 29.1 Å². The second-order valence-electron chi connectivity index (χ2n) is 4.59. The monoisotopic (exact) mass is 265 g/mol. The van der Waals surface area contributed by atoms with Crippen LogP contribution in [0.5, 0.6) is 0 Å². The van der Waals surface area contributed by atoms with Gasteiger partial charge in [-0.3, -0.25) is 0 Å². The number of hydrogen-bond acceptors (Lipinski definition) is 6. The van der Waals surface area contributed by atoms with Gasteiger partial charge in [-0.1, -0.05) is 0 Å². The Morgan fingerprint density at radius 3 is 2.79 bits per heavy atom. The minimum Gasteiger partial charge on any atom is -0.398 e. The number of nitrogens with zero attached hydrogens (tertiary/aromatic N) is 2. The standard InChI is InChI=1S/C12H15N3O4/c13-7-1-3-14-11-6(7)2-4-15(11)12-10(18)9(17)8(5-16)19-12/h1-4,8-10,12,16-18H,5H2,(H2,13,14)/t8-,9+,10?,12-/m1/s1. The first-order valence-corrected chi connectivity index (χ1v) is 5.97. The Kier molecular flexibility index (Phi) is 2.90. The predicted molar refractivity (Wildman–Crippen MR) is 67.2 cm³/mol. The third-order valence-electron chi connectivity index (χ3n) is 3.44. The van der Waals surface area contributed by atoms with E-state index in [2.05, 4.69) is 4.98 Å². The lowest BCUT2D eigenvalue weighted by Gasteiger charge is -2.17. The van der Waals surface area contributed by atoms with Crippen molar-refractivity contribution in [3.8, 4) is 0 Å². The quantitative estimate of drug-likeness (QED) is 0.567. The Labute approximate surface area is 108 Å². The number of nitrogen functional groups attached to an aromatic ring is 1. The fourth-order valence-corrected chi connectivity index (χ4v) is 2.39. The second kappa shape index (κ2) is 4.46. The maximum Gasteiger partial charge on any atom is 0.164 e. The van der Waals surface area contributed by atoms with Crippen molar-refractivity contribution in [1.82, 2.24) is 9.55 Å². The van der Waals surface area contributed by atoms with E-state index in [1.165, 1.54) is 0 Å². The maximum atomic E-state index is 9.99. The molecule has 1 aliphatic heterocycles. The average molecular weight is 265 g/mol. The molecule has 5 N–H and O–H groups in total. The summed E-state index contributed by atoms with van der Waals surface area (Å²) in [5, 5.41) is 29.6. The van der Waals surface area contributed by atoms with Crippen LogP contribution >= 0.6 is 0 Å². The van der Waals surface area contributed by atoms with Crippen LogP contribution in [0.3, 0.4) is 0 Å². The fourth-order valence-electron chi connectivity index (χ4n) is 2.39. The number of fused-ring (bicyclic) bond motifs is 1.